The second-order valence-electron chi connectivity index (χ2n) is 8.03. The van der Waals surface area contributed by atoms with Crippen LogP contribution in [0.25, 0.3) is 0 Å². The van der Waals surface area contributed by atoms with Crippen molar-refractivity contribution in [3.63, 3.8) is 0 Å². The molecular formula is C23H34N2O2. The molecule has 3 rings (SSSR count). The number of hydrogen-bond donors (Lipinski definition) is 1. The minimum Gasteiger partial charge on any atom is -0.497 e. The molecule has 0 unspecified atom stereocenters. The van der Waals surface area contributed by atoms with Crippen LogP contribution in [0, 0.1) is 5.92 Å². The Kier molecular flexibility index (Phi) is 7.36. The van der Waals surface area contributed by atoms with E-state index in [1.165, 1.54) is 43.4 Å². The molecule has 2 aromatic rings. The zero-order valence-corrected chi connectivity index (χ0v) is 16.8. The largest absolute Gasteiger partial charge is 0.497 e. The van der Waals surface area contributed by atoms with Gasteiger partial charge in [0.15, 0.2) is 0 Å². The maximum atomic E-state index is 9.98. The van der Waals surface area contributed by atoms with Crippen LogP contribution in [0.1, 0.15) is 50.3 Å². The molecule has 0 radical (unpaired) electrons. The molecule has 1 aliphatic carbocycles. The minimum absolute atomic E-state index is 0.296. The van der Waals surface area contributed by atoms with E-state index in [4.69, 9.17) is 4.74 Å². The van der Waals surface area contributed by atoms with Gasteiger partial charge in [-0.05, 0) is 55.5 Å². The predicted molar refractivity (Wildman–Crippen MR) is 110 cm³/mol. The SMILES string of the molecule is COc1cccc(Cn2cccc2CN(CC2CCCCC2)C[C@H](C)O)c1. The molecule has 27 heavy (non-hydrogen) atoms. The number of hydrogen-bond acceptors (Lipinski definition) is 3. The second kappa shape index (κ2) is 9.95. The van der Waals surface area contributed by atoms with Gasteiger partial charge in [0.25, 0.3) is 0 Å². The van der Waals surface area contributed by atoms with Crippen LogP contribution >= 0.6 is 0 Å². The van der Waals surface area contributed by atoms with Gasteiger partial charge < -0.3 is 14.4 Å². The second-order valence-corrected chi connectivity index (χ2v) is 8.03. The Bertz CT molecular complexity index is 689. The Labute approximate surface area is 163 Å². The molecule has 0 bridgehead atoms. The van der Waals surface area contributed by atoms with Gasteiger partial charge in [0.1, 0.15) is 5.75 Å². The molecular weight excluding hydrogens is 336 g/mol. The molecule has 1 atom stereocenters. The summed E-state index contributed by atoms with van der Waals surface area (Å²) < 4.78 is 7.66. The number of nitrogens with zero attached hydrogens (tertiary/aromatic N) is 2. The quantitative estimate of drug-likeness (QED) is 0.715. The molecule has 4 heteroatoms. The van der Waals surface area contributed by atoms with E-state index in [0.717, 1.165) is 37.8 Å². The third kappa shape index (κ3) is 6.12. The van der Waals surface area contributed by atoms with Crippen molar-refractivity contribution in [1.29, 1.82) is 0 Å². The Morgan fingerprint density at radius 2 is 2.00 bits per heavy atom. The maximum Gasteiger partial charge on any atom is 0.119 e. The Balaban J connectivity index is 1.67. The molecule has 0 saturated heterocycles. The highest BCUT2D eigenvalue weighted by Crippen LogP contribution is 2.25. The molecule has 1 aliphatic rings. The number of aliphatic hydroxyl groups excluding tert-OH is 1. The van der Waals surface area contributed by atoms with E-state index in [1.54, 1.807) is 7.11 Å². The van der Waals surface area contributed by atoms with Crippen LogP contribution in [-0.2, 0) is 13.1 Å². The Hall–Kier alpha value is -1.78. The minimum atomic E-state index is -0.296. The summed E-state index contributed by atoms with van der Waals surface area (Å²) in [6.45, 7) is 5.45. The molecule has 148 valence electrons. The van der Waals surface area contributed by atoms with Crippen molar-refractivity contribution >= 4 is 0 Å². The van der Waals surface area contributed by atoms with Gasteiger partial charge in [-0.25, -0.2) is 0 Å². The molecule has 1 heterocycles. The van der Waals surface area contributed by atoms with Gasteiger partial charge in [0, 0.05) is 38.1 Å². The lowest BCUT2D eigenvalue weighted by molar-refractivity contribution is 0.103. The van der Waals surface area contributed by atoms with Crippen LogP contribution in [0.3, 0.4) is 0 Å². The fraction of sp³-hybridized carbons (Fsp3) is 0.565. The molecule has 1 saturated carbocycles. The first-order valence-electron chi connectivity index (χ1n) is 10.3. The van der Waals surface area contributed by atoms with Crippen molar-refractivity contribution in [2.24, 2.45) is 5.92 Å². The lowest BCUT2D eigenvalue weighted by Gasteiger charge is -2.30. The van der Waals surface area contributed by atoms with E-state index in [2.05, 4.69) is 39.9 Å². The standard InChI is InChI=1S/C23H34N2O2/c1-19(26)15-24(16-20-8-4-3-5-9-20)18-22-11-7-13-25(22)17-21-10-6-12-23(14-21)27-2/h6-7,10-14,19-20,26H,3-5,8-9,15-18H2,1-2H3/t19-/m0/s1. The van der Waals surface area contributed by atoms with Gasteiger partial charge in [-0.15, -0.1) is 0 Å². The maximum absolute atomic E-state index is 9.98. The average Bonchev–Trinajstić information content (AvgIpc) is 3.09. The summed E-state index contributed by atoms with van der Waals surface area (Å²) in [6, 6.07) is 12.6. The summed E-state index contributed by atoms with van der Waals surface area (Å²) in [5, 5.41) is 9.98. The van der Waals surface area contributed by atoms with E-state index in [9.17, 15) is 5.11 Å². The van der Waals surface area contributed by atoms with E-state index >= 15 is 0 Å². The fourth-order valence-electron chi connectivity index (χ4n) is 4.26. The summed E-state index contributed by atoms with van der Waals surface area (Å²) in [7, 11) is 1.71. The van der Waals surface area contributed by atoms with Gasteiger partial charge in [0.05, 0.1) is 13.2 Å². The predicted octanol–water partition coefficient (Wildman–Crippen LogP) is 4.31. The van der Waals surface area contributed by atoms with Crippen molar-refractivity contribution in [1.82, 2.24) is 9.47 Å². The van der Waals surface area contributed by atoms with Crippen molar-refractivity contribution in [3.8, 4) is 5.75 Å². The third-order valence-corrected chi connectivity index (χ3v) is 5.56. The molecule has 1 aromatic carbocycles. The van der Waals surface area contributed by atoms with Crippen molar-refractivity contribution in [2.45, 2.75) is 58.2 Å². The summed E-state index contributed by atoms with van der Waals surface area (Å²) in [6.07, 6.45) is 8.63. The highest BCUT2D eigenvalue weighted by Gasteiger charge is 2.19. The smallest absolute Gasteiger partial charge is 0.119 e. The van der Waals surface area contributed by atoms with E-state index in [-0.39, 0.29) is 6.10 Å². The van der Waals surface area contributed by atoms with Crippen LogP contribution in [-0.4, -0.2) is 40.9 Å². The molecule has 4 nitrogen and oxygen atoms in total. The summed E-state index contributed by atoms with van der Waals surface area (Å²) >= 11 is 0. The van der Waals surface area contributed by atoms with Crippen LogP contribution < -0.4 is 4.74 Å². The Morgan fingerprint density at radius 3 is 2.74 bits per heavy atom. The normalized spacial score (nSPS) is 16.6. The van der Waals surface area contributed by atoms with E-state index in [0.29, 0.717) is 0 Å². The number of methoxy groups -OCH3 is 1. The van der Waals surface area contributed by atoms with Crippen LogP contribution in [0.15, 0.2) is 42.6 Å². The van der Waals surface area contributed by atoms with Crippen LogP contribution in [0.4, 0.5) is 0 Å². The van der Waals surface area contributed by atoms with E-state index in [1.807, 2.05) is 19.1 Å². The number of ether oxygens (including phenoxy) is 1. The lowest BCUT2D eigenvalue weighted by Crippen LogP contribution is -2.36. The fourth-order valence-corrected chi connectivity index (χ4v) is 4.26. The first kappa shape index (κ1) is 20.0. The van der Waals surface area contributed by atoms with Crippen LogP contribution in [0.5, 0.6) is 5.75 Å². The molecule has 0 aliphatic heterocycles. The van der Waals surface area contributed by atoms with Gasteiger partial charge in [-0.2, -0.15) is 0 Å². The summed E-state index contributed by atoms with van der Waals surface area (Å²) in [5.74, 6) is 1.67. The topological polar surface area (TPSA) is 37.6 Å². The zero-order chi connectivity index (χ0) is 19.1. The van der Waals surface area contributed by atoms with Crippen molar-refractivity contribution in [2.75, 3.05) is 20.2 Å². The number of rotatable bonds is 9. The van der Waals surface area contributed by atoms with Gasteiger partial charge >= 0.3 is 0 Å². The van der Waals surface area contributed by atoms with Gasteiger partial charge in [0.2, 0.25) is 0 Å². The zero-order valence-electron chi connectivity index (χ0n) is 16.8. The number of benzene rings is 1. The first-order valence-corrected chi connectivity index (χ1v) is 10.3. The summed E-state index contributed by atoms with van der Waals surface area (Å²) in [5.41, 5.74) is 2.54. The highest BCUT2D eigenvalue weighted by atomic mass is 16.5. The first-order chi connectivity index (χ1) is 13.1. The third-order valence-electron chi connectivity index (χ3n) is 5.56. The Morgan fingerprint density at radius 1 is 1.19 bits per heavy atom. The molecule has 1 N–H and O–H groups in total. The average molecular weight is 371 g/mol. The lowest BCUT2D eigenvalue weighted by atomic mass is 9.89. The molecule has 1 fully saturated rings. The van der Waals surface area contributed by atoms with E-state index < -0.39 is 0 Å². The summed E-state index contributed by atoms with van der Waals surface area (Å²) in [4.78, 5) is 2.44. The number of aromatic nitrogens is 1. The van der Waals surface area contributed by atoms with Crippen molar-refractivity contribution in [3.05, 3.63) is 53.9 Å². The monoisotopic (exact) mass is 370 g/mol. The van der Waals surface area contributed by atoms with Gasteiger partial charge in [-0.1, -0.05) is 31.4 Å². The molecule has 0 spiro atoms. The molecule has 0 amide bonds. The van der Waals surface area contributed by atoms with Crippen molar-refractivity contribution < 1.29 is 9.84 Å². The number of aliphatic hydroxyl groups is 1. The highest BCUT2D eigenvalue weighted by molar-refractivity contribution is 5.29. The molecule has 1 aromatic heterocycles. The van der Waals surface area contributed by atoms with Crippen LogP contribution in [0.2, 0.25) is 0 Å². The van der Waals surface area contributed by atoms with Gasteiger partial charge in [-0.3, -0.25) is 4.90 Å².